The molecule has 9 heteroatoms. The van der Waals surface area contributed by atoms with E-state index in [1.807, 2.05) is 19.9 Å². The van der Waals surface area contributed by atoms with E-state index in [0.29, 0.717) is 22.9 Å². The van der Waals surface area contributed by atoms with Crippen molar-refractivity contribution >= 4 is 23.3 Å². The van der Waals surface area contributed by atoms with E-state index in [9.17, 15) is 4.79 Å². The SMILES string of the molecule is CC.COC(=O)c1cnc(Nc2cnc(C#N)cn2)cc1NCC1(C)CCNCC1. The van der Waals surface area contributed by atoms with Crippen LogP contribution in [0.3, 0.4) is 0 Å². The predicted octanol–water partition coefficient (Wildman–Crippen LogP) is 3.10. The minimum atomic E-state index is -0.449. The van der Waals surface area contributed by atoms with E-state index < -0.39 is 5.97 Å². The summed E-state index contributed by atoms with van der Waals surface area (Å²) >= 11 is 0. The molecule has 0 bridgehead atoms. The van der Waals surface area contributed by atoms with Crippen LogP contribution in [-0.4, -0.2) is 47.7 Å². The average Bonchev–Trinajstić information content (AvgIpc) is 2.80. The van der Waals surface area contributed by atoms with Gasteiger partial charge in [-0.2, -0.15) is 5.26 Å². The molecule has 3 N–H and O–H groups in total. The van der Waals surface area contributed by atoms with Crippen LogP contribution >= 0.6 is 0 Å². The molecule has 0 radical (unpaired) electrons. The van der Waals surface area contributed by atoms with Crippen LogP contribution in [0.4, 0.5) is 17.3 Å². The number of hydrogen-bond acceptors (Lipinski definition) is 9. The summed E-state index contributed by atoms with van der Waals surface area (Å²) in [5.41, 5.74) is 1.40. The molecule has 0 spiro atoms. The van der Waals surface area contributed by atoms with Crippen molar-refractivity contribution in [3.63, 3.8) is 0 Å². The van der Waals surface area contributed by atoms with Crippen molar-refractivity contribution in [2.45, 2.75) is 33.6 Å². The van der Waals surface area contributed by atoms with Crippen LogP contribution in [-0.2, 0) is 4.74 Å². The van der Waals surface area contributed by atoms with Crippen LogP contribution < -0.4 is 16.0 Å². The van der Waals surface area contributed by atoms with E-state index in [0.717, 1.165) is 32.5 Å². The van der Waals surface area contributed by atoms with Crippen molar-refractivity contribution in [2.75, 3.05) is 37.4 Å². The third-order valence-electron chi connectivity index (χ3n) is 4.85. The zero-order valence-corrected chi connectivity index (χ0v) is 18.0. The van der Waals surface area contributed by atoms with Gasteiger partial charge >= 0.3 is 5.97 Å². The lowest BCUT2D eigenvalue weighted by Crippen LogP contribution is -2.39. The first-order chi connectivity index (χ1) is 14.5. The summed E-state index contributed by atoms with van der Waals surface area (Å²) in [6, 6.07) is 3.67. The van der Waals surface area contributed by atoms with Gasteiger partial charge in [-0.15, -0.1) is 0 Å². The Hall–Kier alpha value is -3.25. The number of carbonyl (C=O) groups is 1. The Bertz CT molecular complexity index is 872. The third kappa shape index (κ3) is 6.12. The molecule has 0 amide bonds. The minimum Gasteiger partial charge on any atom is -0.465 e. The van der Waals surface area contributed by atoms with Crippen molar-refractivity contribution in [3.05, 3.63) is 35.9 Å². The van der Waals surface area contributed by atoms with Crippen molar-refractivity contribution in [1.29, 1.82) is 5.26 Å². The third-order valence-corrected chi connectivity index (χ3v) is 4.85. The number of rotatable bonds is 6. The number of nitrogens with one attached hydrogen (secondary N) is 3. The number of nitriles is 1. The molecule has 1 aliphatic rings. The second-order valence-electron chi connectivity index (χ2n) is 7.04. The molecule has 0 atom stereocenters. The standard InChI is InChI=1S/C19H23N7O2.C2H6/c1-19(3-5-21-6-4-19)12-25-15-7-16(24-10-14(15)18(27)28-2)26-17-11-22-13(8-20)9-23-17;1-2/h7,9-11,21H,3-6,12H2,1-2H3,(H2,23,24,25,26);1-2H3. The normalized spacial score (nSPS) is 14.5. The summed E-state index contributed by atoms with van der Waals surface area (Å²) in [6.07, 6.45) is 6.42. The van der Waals surface area contributed by atoms with Gasteiger partial charge in [-0.05, 0) is 31.3 Å². The van der Waals surface area contributed by atoms with E-state index in [2.05, 4.69) is 37.8 Å². The predicted molar refractivity (Wildman–Crippen MR) is 116 cm³/mol. The number of piperidine rings is 1. The van der Waals surface area contributed by atoms with Crippen molar-refractivity contribution in [3.8, 4) is 6.07 Å². The van der Waals surface area contributed by atoms with Crippen molar-refractivity contribution in [1.82, 2.24) is 20.3 Å². The molecule has 2 aromatic rings. The van der Waals surface area contributed by atoms with Gasteiger partial charge in [-0.25, -0.2) is 19.7 Å². The number of ether oxygens (including phenoxy) is 1. The molecule has 0 unspecified atom stereocenters. The van der Waals surface area contributed by atoms with E-state index in [4.69, 9.17) is 10.00 Å². The van der Waals surface area contributed by atoms with Gasteiger partial charge in [0.1, 0.15) is 23.3 Å². The topological polar surface area (TPSA) is 125 Å². The minimum absolute atomic E-state index is 0.147. The summed E-state index contributed by atoms with van der Waals surface area (Å²) < 4.78 is 4.88. The van der Waals surface area contributed by atoms with Crippen LogP contribution in [0.15, 0.2) is 24.7 Å². The number of methoxy groups -OCH3 is 1. The lowest BCUT2D eigenvalue weighted by atomic mass is 9.81. The smallest absolute Gasteiger partial charge is 0.341 e. The maximum absolute atomic E-state index is 12.1. The van der Waals surface area contributed by atoms with Gasteiger partial charge in [-0.3, -0.25) is 0 Å². The lowest BCUT2D eigenvalue weighted by molar-refractivity contribution is 0.0601. The van der Waals surface area contributed by atoms with Crippen LogP contribution in [0, 0.1) is 16.7 Å². The van der Waals surface area contributed by atoms with E-state index in [1.54, 1.807) is 6.07 Å². The number of esters is 1. The van der Waals surface area contributed by atoms with Gasteiger partial charge in [0.05, 0.1) is 25.2 Å². The van der Waals surface area contributed by atoms with Gasteiger partial charge in [0.15, 0.2) is 5.69 Å². The number of anilines is 3. The first-order valence-corrected chi connectivity index (χ1v) is 10.1. The number of nitrogens with zero attached hydrogens (tertiary/aromatic N) is 4. The molecular formula is C21H29N7O2. The lowest BCUT2D eigenvalue weighted by Gasteiger charge is -2.34. The van der Waals surface area contributed by atoms with E-state index in [1.165, 1.54) is 25.7 Å². The monoisotopic (exact) mass is 411 g/mol. The maximum Gasteiger partial charge on any atom is 0.341 e. The Morgan fingerprint density at radius 1 is 1.20 bits per heavy atom. The Morgan fingerprint density at radius 3 is 2.50 bits per heavy atom. The second-order valence-corrected chi connectivity index (χ2v) is 7.04. The van der Waals surface area contributed by atoms with Gasteiger partial charge in [0, 0.05) is 18.8 Å². The fraction of sp³-hybridized carbons (Fsp3) is 0.476. The summed E-state index contributed by atoms with van der Waals surface area (Å²) in [5.74, 6) is 0.508. The summed E-state index contributed by atoms with van der Waals surface area (Å²) in [4.78, 5) is 24.5. The van der Waals surface area contributed by atoms with Crippen LogP contribution in [0.2, 0.25) is 0 Å². The summed E-state index contributed by atoms with van der Waals surface area (Å²) in [7, 11) is 1.35. The molecule has 0 aromatic carbocycles. The molecule has 0 saturated carbocycles. The van der Waals surface area contributed by atoms with Gasteiger partial charge in [0.2, 0.25) is 0 Å². The largest absolute Gasteiger partial charge is 0.465 e. The molecule has 30 heavy (non-hydrogen) atoms. The molecule has 1 aliphatic heterocycles. The summed E-state index contributed by atoms with van der Waals surface area (Å²) in [6.45, 7) is 8.95. The Kier molecular flexibility index (Phi) is 8.50. The van der Waals surface area contributed by atoms with Crippen LogP contribution in [0.1, 0.15) is 49.7 Å². The van der Waals surface area contributed by atoms with Crippen molar-refractivity contribution < 1.29 is 9.53 Å². The highest BCUT2D eigenvalue weighted by Gasteiger charge is 2.27. The fourth-order valence-corrected chi connectivity index (χ4v) is 3.04. The molecule has 2 aromatic heterocycles. The molecule has 1 saturated heterocycles. The van der Waals surface area contributed by atoms with Crippen LogP contribution in [0.5, 0.6) is 0 Å². The Labute approximate surface area is 177 Å². The molecule has 9 nitrogen and oxygen atoms in total. The molecule has 1 fully saturated rings. The molecule has 3 rings (SSSR count). The van der Waals surface area contributed by atoms with Gasteiger partial charge < -0.3 is 20.7 Å². The molecule has 160 valence electrons. The highest BCUT2D eigenvalue weighted by atomic mass is 16.5. The number of pyridine rings is 1. The quantitative estimate of drug-likeness (QED) is 0.615. The molecule has 3 heterocycles. The molecular weight excluding hydrogens is 382 g/mol. The van der Waals surface area contributed by atoms with E-state index >= 15 is 0 Å². The Balaban J connectivity index is 0.00000155. The fourth-order valence-electron chi connectivity index (χ4n) is 3.04. The van der Waals surface area contributed by atoms with Crippen molar-refractivity contribution in [2.24, 2.45) is 5.41 Å². The van der Waals surface area contributed by atoms with Gasteiger partial charge in [-0.1, -0.05) is 20.8 Å². The van der Waals surface area contributed by atoms with Gasteiger partial charge in [0.25, 0.3) is 0 Å². The average molecular weight is 412 g/mol. The zero-order valence-electron chi connectivity index (χ0n) is 18.0. The molecule has 0 aliphatic carbocycles. The zero-order chi connectivity index (χ0) is 22.0. The highest BCUT2D eigenvalue weighted by molar-refractivity contribution is 5.95. The highest BCUT2D eigenvalue weighted by Crippen LogP contribution is 2.29. The first kappa shape index (κ1) is 23.0. The van der Waals surface area contributed by atoms with Crippen LogP contribution in [0.25, 0.3) is 0 Å². The Morgan fingerprint density at radius 2 is 1.90 bits per heavy atom. The van der Waals surface area contributed by atoms with E-state index in [-0.39, 0.29) is 11.1 Å². The number of hydrogen-bond donors (Lipinski definition) is 3. The number of carbonyl (C=O) groups excluding carboxylic acids is 1. The maximum atomic E-state index is 12.1. The summed E-state index contributed by atoms with van der Waals surface area (Å²) in [5, 5.41) is 18.6. The number of aromatic nitrogens is 3. The second kappa shape index (κ2) is 11.1. The first-order valence-electron chi connectivity index (χ1n) is 10.1.